The van der Waals surface area contributed by atoms with Crippen LogP contribution >= 0.6 is 27.5 Å². The van der Waals surface area contributed by atoms with E-state index in [-0.39, 0.29) is 12.1 Å². The van der Waals surface area contributed by atoms with Crippen LogP contribution in [-0.4, -0.2) is 76.9 Å². The molecule has 1 fully saturated rings. The first-order valence-corrected chi connectivity index (χ1v) is 13.6. The second-order valence-corrected chi connectivity index (χ2v) is 10.4. The monoisotopic (exact) mass is 568 g/mol. The van der Waals surface area contributed by atoms with Crippen LogP contribution in [0.25, 0.3) is 11.0 Å². The molecule has 1 aromatic carbocycles. The van der Waals surface area contributed by atoms with Gasteiger partial charge in [0.1, 0.15) is 16.7 Å². The van der Waals surface area contributed by atoms with E-state index in [2.05, 4.69) is 59.7 Å². The number of aromatic amines is 1. The second kappa shape index (κ2) is 11.4. The molecule has 0 bridgehead atoms. The minimum atomic E-state index is -2.33. The van der Waals surface area contributed by atoms with Crippen molar-refractivity contribution >= 4 is 55.6 Å². The Bertz CT molecular complexity index is 1120. The predicted molar refractivity (Wildman–Crippen MR) is 137 cm³/mol. The van der Waals surface area contributed by atoms with Gasteiger partial charge in [0, 0.05) is 48.0 Å². The van der Waals surface area contributed by atoms with E-state index in [1.807, 2.05) is 24.3 Å². The first-order valence-electron chi connectivity index (χ1n) is 11.4. The summed E-state index contributed by atoms with van der Waals surface area (Å²) in [4.78, 5) is 13.2. The second-order valence-electron chi connectivity index (χ2n) is 8.26. The molecule has 2 aromatic heterocycles. The zero-order chi connectivity index (χ0) is 24.2. The Morgan fingerprint density at radius 3 is 2.53 bits per heavy atom. The average molecular weight is 570 g/mol. The van der Waals surface area contributed by atoms with Gasteiger partial charge in [-0.15, -0.1) is 0 Å². The van der Waals surface area contributed by atoms with E-state index >= 15 is 0 Å². The molecule has 9 nitrogen and oxygen atoms in total. The van der Waals surface area contributed by atoms with Gasteiger partial charge in [0.2, 0.25) is 0 Å². The molecule has 0 saturated carbocycles. The Morgan fingerprint density at radius 1 is 1.24 bits per heavy atom. The first kappa shape index (κ1) is 25.5. The van der Waals surface area contributed by atoms with Gasteiger partial charge in [0.25, 0.3) is 0 Å². The predicted octanol–water partition coefficient (Wildman–Crippen LogP) is 3.92. The van der Waals surface area contributed by atoms with Crippen molar-refractivity contribution < 1.29 is 8.76 Å². The van der Waals surface area contributed by atoms with Crippen molar-refractivity contribution in [2.45, 2.75) is 38.8 Å². The maximum absolute atomic E-state index is 12.4. The van der Waals surface area contributed by atoms with Crippen LogP contribution in [0.15, 0.2) is 35.2 Å². The summed E-state index contributed by atoms with van der Waals surface area (Å²) in [6.45, 7) is 7.63. The van der Waals surface area contributed by atoms with E-state index < -0.39 is 11.3 Å². The third-order valence-corrected chi connectivity index (χ3v) is 8.17. The zero-order valence-corrected chi connectivity index (χ0v) is 22.3. The maximum Gasteiger partial charge on any atom is 0.187 e. The highest BCUT2D eigenvalue weighted by molar-refractivity contribution is 9.10. The number of H-pyrrole nitrogens is 1. The lowest BCUT2D eigenvalue weighted by atomic mass is 10.0. The molecule has 1 aliphatic rings. The molecule has 2 atom stereocenters. The highest BCUT2D eigenvalue weighted by Gasteiger charge is 2.31. The van der Waals surface area contributed by atoms with Crippen molar-refractivity contribution in [1.82, 2.24) is 29.4 Å². The fraction of sp³-hybridized carbons (Fsp3) is 0.500. The van der Waals surface area contributed by atoms with E-state index in [0.717, 1.165) is 34.5 Å². The van der Waals surface area contributed by atoms with Gasteiger partial charge in [-0.2, -0.15) is 5.10 Å². The van der Waals surface area contributed by atoms with Gasteiger partial charge in [0.05, 0.1) is 5.39 Å². The third-order valence-electron chi connectivity index (χ3n) is 6.51. The highest BCUT2D eigenvalue weighted by Crippen LogP contribution is 2.32. The molecule has 2 unspecified atom stereocenters. The normalized spacial score (nSPS) is 17.1. The molecule has 1 saturated heterocycles. The Morgan fingerprint density at radius 2 is 1.91 bits per heavy atom. The minimum absolute atomic E-state index is 0.0495. The Hall–Kier alpha value is -1.63. The summed E-state index contributed by atoms with van der Waals surface area (Å²) >= 11 is 7.26. The topological polar surface area (TPSA) is 104 Å². The molecule has 3 aromatic rings. The lowest BCUT2D eigenvalue weighted by Gasteiger charge is -2.42. The molecular weight excluding hydrogens is 542 g/mol. The van der Waals surface area contributed by atoms with Gasteiger partial charge >= 0.3 is 0 Å². The molecule has 3 heterocycles. The van der Waals surface area contributed by atoms with Crippen LogP contribution < -0.4 is 4.90 Å². The van der Waals surface area contributed by atoms with Crippen molar-refractivity contribution in [3.63, 3.8) is 0 Å². The van der Waals surface area contributed by atoms with Gasteiger partial charge in [-0.3, -0.25) is 14.2 Å². The third kappa shape index (κ3) is 5.44. The summed E-state index contributed by atoms with van der Waals surface area (Å²) in [6.07, 6.45) is 2.93. The number of piperidine rings is 1. The number of halogens is 2. The first-order chi connectivity index (χ1) is 16.4. The number of benzene rings is 1. The van der Waals surface area contributed by atoms with Crippen LogP contribution in [0.5, 0.6) is 0 Å². The SMILES string of the molecule is CCN(CC)C(CN(C1CCN(c2ncnc3n[nH]c(Br)c23)CC1)S(=O)[O-])c1ccc(Cl)cc1. The fourth-order valence-corrected chi connectivity index (χ4v) is 5.98. The number of rotatable bonds is 9. The van der Waals surface area contributed by atoms with Crippen molar-refractivity contribution in [1.29, 1.82) is 0 Å². The van der Waals surface area contributed by atoms with E-state index in [9.17, 15) is 8.76 Å². The lowest BCUT2D eigenvalue weighted by Crippen LogP contribution is -2.49. The summed E-state index contributed by atoms with van der Waals surface area (Å²) < 4.78 is 27.1. The summed E-state index contributed by atoms with van der Waals surface area (Å²) in [5, 5.41) is 8.59. The standard InChI is InChI=1S/C22H29BrClN7O2S/c1-3-29(4-2)18(15-5-7-16(24)8-6-15)13-31(34(32)33)17-9-11-30(12-10-17)22-19-20(23)27-28-21(19)25-14-26-22/h5-8,14,17-18H,3-4,9-13H2,1-2H3,(H,32,33)(H,25,26,27,28)/p-1. The number of aromatic nitrogens is 4. The highest BCUT2D eigenvalue weighted by atomic mass is 79.9. The average Bonchev–Trinajstić information content (AvgIpc) is 3.23. The van der Waals surface area contributed by atoms with Gasteiger partial charge in [-0.05, 0) is 59.6 Å². The van der Waals surface area contributed by atoms with Crippen molar-refractivity contribution in [3.8, 4) is 0 Å². The summed E-state index contributed by atoms with van der Waals surface area (Å²) in [7, 11) is 0. The van der Waals surface area contributed by atoms with E-state index in [4.69, 9.17) is 11.6 Å². The summed E-state index contributed by atoms with van der Waals surface area (Å²) in [6, 6.07) is 7.57. The fourth-order valence-electron chi connectivity index (χ4n) is 4.69. The van der Waals surface area contributed by atoms with Gasteiger partial charge < -0.3 is 9.45 Å². The maximum atomic E-state index is 12.4. The van der Waals surface area contributed by atoms with Gasteiger partial charge in [-0.25, -0.2) is 14.3 Å². The molecule has 0 radical (unpaired) electrons. The molecule has 0 amide bonds. The zero-order valence-electron chi connectivity index (χ0n) is 19.2. The molecule has 0 aliphatic carbocycles. The van der Waals surface area contributed by atoms with Crippen LogP contribution in [0.2, 0.25) is 5.02 Å². The number of hydrogen-bond acceptors (Lipinski definition) is 7. The van der Waals surface area contributed by atoms with Crippen molar-refractivity contribution in [3.05, 3.63) is 45.8 Å². The molecular formula is C22H28BrClN7O2S-. The van der Waals surface area contributed by atoms with E-state index in [0.29, 0.717) is 43.1 Å². The van der Waals surface area contributed by atoms with Crippen molar-refractivity contribution in [2.24, 2.45) is 0 Å². The number of likely N-dealkylation sites (N-methyl/N-ethyl adjacent to an activating group) is 1. The number of nitrogens with one attached hydrogen (secondary N) is 1. The van der Waals surface area contributed by atoms with Gasteiger partial charge in [-0.1, -0.05) is 37.6 Å². The van der Waals surface area contributed by atoms with Crippen LogP contribution in [0.4, 0.5) is 5.82 Å². The quantitative estimate of drug-likeness (QED) is 0.390. The van der Waals surface area contributed by atoms with Crippen LogP contribution in [0.1, 0.15) is 38.3 Å². The van der Waals surface area contributed by atoms with Crippen LogP contribution in [0.3, 0.4) is 0 Å². The molecule has 4 rings (SSSR count). The van der Waals surface area contributed by atoms with Crippen LogP contribution in [-0.2, 0) is 11.3 Å². The van der Waals surface area contributed by atoms with Crippen molar-refractivity contribution in [2.75, 3.05) is 37.6 Å². The smallest absolute Gasteiger partial charge is 0.187 e. The van der Waals surface area contributed by atoms with E-state index in [1.165, 1.54) is 6.33 Å². The number of fused-ring (bicyclic) bond motifs is 1. The Kier molecular flexibility index (Phi) is 8.54. The number of hydrogen-bond donors (Lipinski definition) is 1. The molecule has 1 N–H and O–H groups in total. The number of nitrogens with zero attached hydrogens (tertiary/aromatic N) is 6. The Balaban J connectivity index is 1.51. The molecule has 12 heteroatoms. The van der Waals surface area contributed by atoms with Crippen LogP contribution in [0, 0.1) is 0 Å². The van der Waals surface area contributed by atoms with E-state index in [1.54, 1.807) is 4.31 Å². The number of anilines is 1. The largest absolute Gasteiger partial charge is 0.760 e. The minimum Gasteiger partial charge on any atom is -0.760 e. The lowest BCUT2D eigenvalue weighted by molar-refractivity contribution is 0.159. The van der Waals surface area contributed by atoms with Gasteiger partial charge in [0.15, 0.2) is 5.65 Å². The Labute approximate surface area is 215 Å². The molecule has 34 heavy (non-hydrogen) atoms. The molecule has 184 valence electrons. The molecule has 1 aliphatic heterocycles. The summed E-state index contributed by atoms with van der Waals surface area (Å²) in [5.74, 6) is 0.807. The summed E-state index contributed by atoms with van der Waals surface area (Å²) in [5.41, 5.74) is 1.67. The molecule has 0 spiro atoms.